The number of aromatic nitrogens is 5. The second-order valence-corrected chi connectivity index (χ2v) is 7.78. The fourth-order valence-electron chi connectivity index (χ4n) is 3.20. The van der Waals surface area contributed by atoms with Gasteiger partial charge < -0.3 is 15.2 Å². The molecular weight excluding hydrogens is 420 g/mol. The van der Waals surface area contributed by atoms with Crippen molar-refractivity contribution in [3.8, 4) is 34.4 Å². The van der Waals surface area contributed by atoms with Gasteiger partial charge in [0, 0.05) is 24.2 Å². The number of carbonyl (C=O) groups is 1. The molecule has 3 aromatic heterocycles. The number of rotatable bonds is 6. The number of hydrogen-bond donors (Lipinski definition) is 2. The number of aromatic hydroxyl groups is 1. The average molecular weight is 442 g/mol. The molecular formula is C24H22N6O3. The van der Waals surface area contributed by atoms with Crippen molar-refractivity contribution in [1.29, 1.82) is 0 Å². The molecule has 0 saturated heterocycles. The minimum absolute atomic E-state index is 0.0430. The number of amides is 1. The number of hydrogen-bond acceptors (Lipinski definition) is 8. The van der Waals surface area contributed by atoms with E-state index < -0.39 is 17.3 Å². The van der Waals surface area contributed by atoms with Crippen molar-refractivity contribution in [2.75, 3.05) is 7.11 Å². The zero-order chi connectivity index (χ0) is 23.4. The van der Waals surface area contributed by atoms with Crippen molar-refractivity contribution in [3.63, 3.8) is 0 Å². The topological polar surface area (TPSA) is 123 Å². The normalized spacial score (nSPS) is 11.1. The third-order valence-electron chi connectivity index (χ3n) is 5.11. The summed E-state index contributed by atoms with van der Waals surface area (Å²) in [5.41, 5.74) is 2.13. The molecule has 166 valence electrons. The van der Waals surface area contributed by atoms with Gasteiger partial charge in [-0.05, 0) is 61.9 Å². The van der Waals surface area contributed by atoms with Crippen LogP contribution in [-0.4, -0.2) is 43.3 Å². The molecule has 33 heavy (non-hydrogen) atoms. The third-order valence-corrected chi connectivity index (χ3v) is 5.11. The van der Waals surface area contributed by atoms with Crippen molar-refractivity contribution >= 4 is 5.91 Å². The van der Waals surface area contributed by atoms with Crippen LogP contribution >= 0.6 is 0 Å². The second-order valence-electron chi connectivity index (χ2n) is 7.78. The Balaban J connectivity index is 1.50. The lowest BCUT2D eigenvalue weighted by atomic mass is 9.95. The van der Waals surface area contributed by atoms with E-state index in [1.54, 1.807) is 25.4 Å². The predicted molar refractivity (Wildman–Crippen MR) is 121 cm³/mol. The number of nitrogens with zero attached hydrogens (tertiary/aromatic N) is 5. The molecule has 9 heteroatoms. The molecule has 0 saturated carbocycles. The van der Waals surface area contributed by atoms with Crippen LogP contribution in [-0.2, 0) is 5.54 Å². The lowest BCUT2D eigenvalue weighted by Crippen LogP contribution is -2.41. The molecule has 2 N–H and O–H groups in total. The van der Waals surface area contributed by atoms with E-state index >= 15 is 0 Å². The first-order valence-electron chi connectivity index (χ1n) is 10.1. The fraction of sp³-hybridized carbons (Fsp3) is 0.167. The van der Waals surface area contributed by atoms with Crippen molar-refractivity contribution in [3.05, 3.63) is 78.2 Å². The van der Waals surface area contributed by atoms with Crippen LogP contribution in [0.4, 0.5) is 0 Å². The molecule has 0 aliphatic rings. The Morgan fingerprint density at radius 3 is 2.39 bits per heavy atom. The monoisotopic (exact) mass is 442 g/mol. The number of methoxy groups -OCH3 is 1. The Kier molecular flexibility index (Phi) is 5.95. The van der Waals surface area contributed by atoms with Crippen LogP contribution in [0.15, 0.2) is 67.1 Å². The molecule has 1 aromatic carbocycles. The van der Waals surface area contributed by atoms with Crippen molar-refractivity contribution < 1.29 is 14.6 Å². The number of benzene rings is 1. The summed E-state index contributed by atoms with van der Waals surface area (Å²) < 4.78 is 5.19. The van der Waals surface area contributed by atoms with E-state index in [-0.39, 0.29) is 11.4 Å². The van der Waals surface area contributed by atoms with Crippen LogP contribution in [0.1, 0.15) is 29.8 Å². The largest absolute Gasteiger partial charge is 0.497 e. The SMILES string of the molecule is COc1ccc(-c2ccc(C(C)(C)NC(=O)c3cnc(-c4cccnn4)nc3O)cn2)cc1. The molecule has 3 heterocycles. The van der Waals surface area contributed by atoms with Crippen LogP contribution in [0.3, 0.4) is 0 Å². The lowest BCUT2D eigenvalue weighted by molar-refractivity contribution is 0.0908. The summed E-state index contributed by atoms with van der Waals surface area (Å²) in [7, 11) is 1.62. The number of pyridine rings is 1. The zero-order valence-corrected chi connectivity index (χ0v) is 18.4. The van der Waals surface area contributed by atoms with Gasteiger partial charge in [0.1, 0.15) is 17.0 Å². The Hall–Kier alpha value is -4.40. The number of nitrogens with one attached hydrogen (secondary N) is 1. The molecule has 1 amide bonds. The van der Waals surface area contributed by atoms with Gasteiger partial charge in [-0.25, -0.2) is 4.98 Å². The number of ether oxygens (including phenoxy) is 1. The van der Waals surface area contributed by atoms with Crippen LogP contribution in [0.5, 0.6) is 11.6 Å². The first-order chi connectivity index (χ1) is 15.9. The summed E-state index contributed by atoms with van der Waals surface area (Å²) in [6.07, 6.45) is 4.50. The summed E-state index contributed by atoms with van der Waals surface area (Å²) in [5.74, 6) is 0.000248. The van der Waals surface area contributed by atoms with Gasteiger partial charge in [0.15, 0.2) is 5.82 Å². The highest BCUT2D eigenvalue weighted by Gasteiger charge is 2.26. The maximum absolute atomic E-state index is 12.8. The third kappa shape index (κ3) is 4.77. The first-order valence-corrected chi connectivity index (χ1v) is 10.1. The second kappa shape index (κ2) is 8.99. The molecule has 4 rings (SSSR count). The molecule has 0 radical (unpaired) electrons. The minimum Gasteiger partial charge on any atom is -0.497 e. The van der Waals surface area contributed by atoms with E-state index in [9.17, 15) is 9.90 Å². The molecule has 9 nitrogen and oxygen atoms in total. The van der Waals surface area contributed by atoms with Gasteiger partial charge in [-0.15, -0.1) is 5.10 Å². The van der Waals surface area contributed by atoms with Gasteiger partial charge in [0.2, 0.25) is 5.88 Å². The van der Waals surface area contributed by atoms with Crippen LogP contribution in [0.25, 0.3) is 22.8 Å². The van der Waals surface area contributed by atoms with Gasteiger partial charge in [0.05, 0.1) is 18.3 Å². The van der Waals surface area contributed by atoms with Gasteiger partial charge in [-0.3, -0.25) is 9.78 Å². The van der Waals surface area contributed by atoms with Gasteiger partial charge >= 0.3 is 0 Å². The molecule has 0 aliphatic carbocycles. The summed E-state index contributed by atoms with van der Waals surface area (Å²) >= 11 is 0. The smallest absolute Gasteiger partial charge is 0.259 e. The Morgan fingerprint density at radius 1 is 1.00 bits per heavy atom. The van der Waals surface area contributed by atoms with E-state index in [0.29, 0.717) is 5.69 Å². The minimum atomic E-state index is -0.765. The van der Waals surface area contributed by atoms with Crippen molar-refractivity contribution in [2.45, 2.75) is 19.4 Å². The molecule has 0 aliphatic heterocycles. The Bertz CT molecular complexity index is 1260. The molecule has 0 atom stereocenters. The van der Waals surface area contributed by atoms with Crippen LogP contribution in [0.2, 0.25) is 0 Å². The van der Waals surface area contributed by atoms with E-state index in [1.165, 1.54) is 12.4 Å². The summed E-state index contributed by atoms with van der Waals surface area (Å²) in [5, 5.41) is 20.9. The van der Waals surface area contributed by atoms with Crippen molar-refractivity contribution in [2.24, 2.45) is 0 Å². The highest BCUT2D eigenvalue weighted by atomic mass is 16.5. The molecule has 0 bridgehead atoms. The van der Waals surface area contributed by atoms with Crippen LogP contribution in [0, 0.1) is 0 Å². The summed E-state index contributed by atoms with van der Waals surface area (Å²) in [6, 6.07) is 14.7. The van der Waals surface area contributed by atoms with E-state index in [4.69, 9.17) is 4.74 Å². The maximum Gasteiger partial charge on any atom is 0.259 e. The van der Waals surface area contributed by atoms with E-state index in [0.717, 1.165) is 22.6 Å². The zero-order valence-electron chi connectivity index (χ0n) is 18.4. The van der Waals surface area contributed by atoms with Gasteiger partial charge in [-0.1, -0.05) is 6.07 Å². The van der Waals surface area contributed by atoms with Gasteiger partial charge in [0.25, 0.3) is 5.91 Å². The highest BCUT2D eigenvalue weighted by Crippen LogP contribution is 2.26. The van der Waals surface area contributed by atoms with E-state index in [2.05, 4.69) is 30.5 Å². The fourth-order valence-corrected chi connectivity index (χ4v) is 3.20. The molecule has 0 unspecified atom stereocenters. The molecule has 0 fully saturated rings. The quantitative estimate of drug-likeness (QED) is 0.466. The Labute approximate surface area is 190 Å². The van der Waals surface area contributed by atoms with Gasteiger partial charge in [-0.2, -0.15) is 10.1 Å². The number of carbonyl (C=O) groups excluding carboxylic acids is 1. The van der Waals surface area contributed by atoms with E-state index in [1.807, 2.05) is 50.2 Å². The van der Waals surface area contributed by atoms with Crippen LogP contribution < -0.4 is 10.1 Å². The highest BCUT2D eigenvalue weighted by molar-refractivity contribution is 5.96. The Morgan fingerprint density at radius 2 is 1.79 bits per heavy atom. The average Bonchev–Trinajstić information content (AvgIpc) is 2.84. The predicted octanol–water partition coefficient (Wildman–Crippen LogP) is 3.37. The summed E-state index contributed by atoms with van der Waals surface area (Å²) in [4.78, 5) is 25.5. The maximum atomic E-state index is 12.8. The standard InChI is InChI=1S/C24H22N6O3/c1-24(2,16-8-11-19(25-13-16)15-6-9-17(33-3)10-7-15)29-23(32)18-14-26-21(28-22(18)31)20-5-4-12-27-30-20/h4-14H,1-3H3,(H,29,32)(H,26,28,31). The van der Waals surface area contributed by atoms with Crippen molar-refractivity contribution in [1.82, 2.24) is 30.5 Å². The first kappa shape index (κ1) is 21.8. The molecule has 4 aromatic rings. The molecule has 0 spiro atoms. The lowest BCUT2D eigenvalue weighted by Gasteiger charge is -2.26. The summed E-state index contributed by atoms with van der Waals surface area (Å²) in [6.45, 7) is 3.70.